The highest BCUT2D eigenvalue weighted by Gasteiger charge is 2.25. The monoisotopic (exact) mass is 447 g/mol. The number of ketones is 1. The van der Waals surface area contributed by atoms with Crippen molar-refractivity contribution >= 4 is 30.4 Å². The number of anilines is 1. The first-order valence-electron chi connectivity index (χ1n) is 9.93. The van der Waals surface area contributed by atoms with E-state index in [-0.39, 0.29) is 31.8 Å². The topological polar surface area (TPSA) is 131 Å². The summed E-state index contributed by atoms with van der Waals surface area (Å²) in [5.41, 5.74) is 8.03. The molecular formula is C20H26N5O5P. The maximum atomic E-state index is 12.8. The number of hydrogen-bond acceptors (Lipinski definition) is 9. The smallest absolute Gasteiger partial charge is 0.335 e. The van der Waals surface area contributed by atoms with Gasteiger partial charge in [0.05, 0.1) is 37.8 Å². The Labute approximate surface area is 180 Å². The Kier molecular flexibility index (Phi) is 7.37. The molecule has 0 saturated carbocycles. The number of nitrogens with zero attached hydrogens (tertiary/aromatic N) is 4. The molecule has 0 amide bonds. The number of carbonyl (C=O) groups is 1. The SMILES string of the molecule is CCOP(=O)(Cc1ccc(OCCn2cnc3c(N)ncnc32)c(C(C)=O)c1)OCC. The van der Waals surface area contributed by atoms with Gasteiger partial charge in [0.2, 0.25) is 0 Å². The minimum absolute atomic E-state index is 0.0807. The lowest BCUT2D eigenvalue weighted by atomic mass is 10.1. The molecule has 2 aromatic heterocycles. The fourth-order valence-electron chi connectivity index (χ4n) is 3.14. The number of rotatable bonds is 11. The second kappa shape index (κ2) is 10.00. The van der Waals surface area contributed by atoms with Crippen LogP contribution in [0.5, 0.6) is 5.75 Å². The third-order valence-corrected chi connectivity index (χ3v) is 6.53. The number of fused-ring (bicyclic) bond motifs is 1. The molecule has 2 N–H and O–H groups in total. The van der Waals surface area contributed by atoms with Crippen LogP contribution in [0.1, 0.15) is 36.7 Å². The largest absolute Gasteiger partial charge is 0.491 e. The predicted molar refractivity (Wildman–Crippen MR) is 116 cm³/mol. The van der Waals surface area contributed by atoms with Gasteiger partial charge in [-0.2, -0.15) is 0 Å². The van der Waals surface area contributed by atoms with E-state index in [1.54, 1.807) is 42.9 Å². The van der Waals surface area contributed by atoms with Gasteiger partial charge < -0.3 is 24.1 Å². The standard InChI is InChI=1S/C20H26N5O5P/c1-4-29-31(27,30-5-2)11-15-6-7-17(16(10-15)14(3)26)28-9-8-25-13-24-18-19(21)22-12-23-20(18)25/h6-7,10,12-13H,4-5,8-9,11H2,1-3H3,(H2,21,22,23). The van der Waals surface area contributed by atoms with Crippen molar-refractivity contribution < 1.29 is 23.1 Å². The Morgan fingerprint density at radius 3 is 2.58 bits per heavy atom. The third-order valence-electron chi connectivity index (χ3n) is 4.47. The van der Waals surface area contributed by atoms with E-state index >= 15 is 0 Å². The van der Waals surface area contributed by atoms with Gasteiger partial charge in [-0.1, -0.05) is 6.07 Å². The molecule has 0 fully saturated rings. The maximum absolute atomic E-state index is 12.8. The lowest BCUT2D eigenvalue weighted by molar-refractivity contribution is 0.101. The van der Waals surface area contributed by atoms with Gasteiger partial charge in [0.25, 0.3) is 0 Å². The molecule has 166 valence electrons. The van der Waals surface area contributed by atoms with Crippen LogP contribution in [0, 0.1) is 0 Å². The number of nitrogen functional groups attached to an aromatic ring is 1. The second-order valence-electron chi connectivity index (χ2n) is 6.71. The van der Waals surface area contributed by atoms with Crippen molar-refractivity contribution in [2.75, 3.05) is 25.6 Å². The molecule has 0 aliphatic rings. The van der Waals surface area contributed by atoms with E-state index in [0.717, 1.165) is 0 Å². The molecule has 0 saturated heterocycles. The summed E-state index contributed by atoms with van der Waals surface area (Å²) in [7, 11) is -3.27. The van der Waals surface area contributed by atoms with E-state index in [1.807, 2.05) is 0 Å². The molecule has 0 aliphatic carbocycles. The average molecular weight is 447 g/mol. The van der Waals surface area contributed by atoms with Crippen LogP contribution < -0.4 is 10.5 Å². The Hall–Kier alpha value is -2.81. The van der Waals surface area contributed by atoms with Crippen LogP contribution in [0.25, 0.3) is 11.2 Å². The number of nitrogens with two attached hydrogens (primary N) is 1. The van der Waals surface area contributed by atoms with Gasteiger partial charge in [-0.05, 0) is 38.5 Å². The van der Waals surface area contributed by atoms with Crippen molar-refractivity contribution in [3.8, 4) is 5.75 Å². The van der Waals surface area contributed by atoms with E-state index in [2.05, 4.69) is 15.0 Å². The highest BCUT2D eigenvalue weighted by molar-refractivity contribution is 7.53. The molecule has 1 aromatic carbocycles. The number of imidazole rings is 1. The maximum Gasteiger partial charge on any atom is 0.335 e. The van der Waals surface area contributed by atoms with Gasteiger partial charge in [0, 0.05) is 0 Å². The van der Waals surface area contributed by atoms with Crippen molar-refractivity contribution in [3.63, 3.8) is 0 Å². The summed E-state index contributed by atoms with van der Waals surface area (Å²) in [6.45, 7) is 6.26. The zero-order chi connectivity index (χ0) is 22.4. The van der Waals surface area contributed by atoms with E-state index < -0.39 is 7.60 Å². The van der Waals surface area contributed by atoms with Crippen LogP contribution in [0.15, 0.2) is 30.9 Å². The zero-order valence-electron chi connectivity index (χ0n) is 17.8. The summed E-state index contributed by atoms with van der Waals surface area (Å²) in [6, 6.07) is 5.12. The molecule has 0 spiro atoms. The molecule has 31 heavy (non-hydrogen) atoms. The van der Waals surface area contributed by atoms with Crippen LogP contribution in [-0.2, 0) is 26.3 Å². The highest BCUT2D eigenvalue weighted by Crippen LogP contribution is 2.51. The van der Waals surface area contributed by atoms with Gasteiger partial charge in [-0.3, -0.25) is 9.36 Å². The van der Waals surface area contributed by atoms with Crippen molar-refractivity contribution in [2.24, 2.45) is 0 Å². The lowest BCUT2D eigenvalue weighted by Gasteiger charge is -2.18. The van der Waals surface area contributed by atoms with Crippen molar-refractivity contribution in [2.45, 2.75) is 33.5 Å². The second-order valence-corrected chi connectivity index (χ2v) is 8.76. The van der Waals surface area contributed by atoms with Crippen molar-refractivity contribution in [1.82, 2.24) is 19.5 Å². The molecule has 3 aromatic rings. The van der Waals surface area contributed by atoms with Crippen LogP contribution in [0.3, 0.4) is 0 Å². The van der Waals surface area contributed by atoms with Gasteiger partial charge in [-0.15, -0.1) is 0 Å². The van der Waals surface area contributed by atoms with Crippen LogP contribution >= 0.6 is 7.60 Å². The Morgan fingerprint density at radius 1 is 1.16 bits per heavy atom. The Morgan fingerprint density at radius 2 is 1.90 bits per heavy atom. The number of Topliss-reactive ketones (excluding diaryl/α,β-unsaturated/α-hetero) is 1. The van der Waals surface area contributed by atoms with Crippen LogP contribution in [-0.4, -0.2) is 45.1 Å². The molecule has 10 nitrogen and oxygen atoms in total. The summed E-state index contributed by atoms with van der Waals surface area (Å²) in [5.74, 6) is 0.598. The summed E-state index contributed by atoms with van der Waals surface area (Å²) in [4.78, 5) is 24.5. The zero-order valence-corrected chi connectivity index (χ0v) is 18.7. The fraction of sp³-hybridized carbons (Fsp3) is 0.400. The van der Waals surface area contributed by atoms with E-state index in [1.165, 1.54) is 13.3 Å². The molecule has 0 radical (unpaired) electrons. The first kappa shape index (κ1) is 22.9. The van der Waals surface area contributed by atoms with Gasteiger partial charge >= 0.3 is 7.60 Å². The quantitative estimate of drug-likeness (QED) is 0.347. The molecular weight excluding hydrogens is 421 g/mol. The molecule has 0 atom stereocenters. The Bertz CT molecular complexity index is 1110. The average Bonchev–Trinajstić information content (AvgIpc) is 3.13. The number of hydrogen-bond donors (Lipinski definition) is 1. The fourth-order valence-corrected chi connectivity index (χ4v) is 4.83. The van der Waals surface area contributed by atoms with Gasteiger partial charge in [0.1, 0.15) is 24.2 Å². The van der Waals surface area contributed by atoms with Gasteiger partial charge in [-0.25, -0.2) is 15.0 Å². The molecule has 11 heteroatoms. The minimum atomic E-state index is -3.27. The van der Waals surface area contributed by atoms with Crippen molar-refractivity contribution in [3.05, 3.63) is 42.0 Å². The molecule has 2 heterocycles. The summed E-state index contributed by atoms with van der Waals surface area (Å²) >= 11 is 0. The predicted octanol–water partition coefficient (Wildman–Crippen LogP) is 3.46. The number of ether oxygens (including phenoxy) is 1. The van der Waals surface area contributed by atoms with Gasteiger partial charge in [0.15, 0.2) is 17.2 Å². The molecule has 0 unspecified atom stereocenters. The first-order valence-corrected chi connectivity index (χ1v) is 11.7. The van der Waals surface area contributed by atoms with Crippen molar-refractivity contribution in [1.29, 1.82) is 0 Å². The molecule has 0 bridgehead atoms. The number of aromatic nitrogens is 4. The molecule has 0 aliphatic heterocycles. The summed E-state index contributed by atoms with van der Waals surface area (Å²) in [5, 5.41) is 0. The Balaban J connectivity index is 1.73. The third kappa shape index (κ3) is 5.46. The highest BCUT2D eigenvalue weighted by atomic mass is 31.2. The van der Waals surface area contributed by atoms with E-state index in [4.69, 9.17) is 19.5 Å². The molecule has 3 rings (SSSR count). The van der Waals surface area contributed by atoms with E-state index in [0.29, 0.717) is 40.4 Å². The normalized spacial score (nSPS) is 11.7. The van der Waals surface area contributed by atoms with E-state index in [9.17, 15) is 9.36 Å². The van der Waals surface area contributed by atoms with Crippen LogP contribution in [0.4, 0.5) is 5.82 Å². The number of carbonyl (C=O) groups excluding carboxylic acids is 1. The van der Waals surface area contributed by atoms with Crippen LogP contribution in [0.2, 0.25) is 0 Å². The minimum Gasteiger partial charge on any atom is -0.491 e. The summed E-state index contributed by atoms with van der Waals surface area (Å²) in [6.07, 6.45) is 3.08. The lowest BCUT2D eigenvalue weighted by Crippen LogP contribution is -2.10. The number of benzene rings is 1. The first-order chi connectivity index (χ1) is 14.9. The summed E-state index contributed by atoms with van der Waals surface area (Å²) < 4.78 is 31.1.